The fourth-order valence-electron chi connectivity index (χ4n) is 1.98. The molecule has 0 aliphatic carbocycles. The molecule has 0 aliphatic heterocycles. The smallest absolute Gasteiger partial charge is 0.251 e. The van der Waals surface area contributed by atoms with E-state index < -0.39 is 0 Å². The van der Waals surface area contributed by atoms with Crippen LogP contribution in [-0.4, -0.2) is 49.0 Å². The van der Waals surface area contributed by atoms with E-state index in [-0.39, 0.29) is 5.91 Å². The van der Waals surface area contributed by atoms with E-state index in [1.807, 2.05) is 13.0 Å². The molecule has 0 saturated heterocycles. The lowest BCUT2D eigenvalue weighted by Crippen LogP contribution is -2.29. The lowest BCUT2D eigenvalue weighted by Gasteiger charge is -2.20. The summed E-state index contributed by atoms with van der Waals surface area (Å²) in [4.78, 5) is 18.7. The molecule has 0 radical (unpaired) electrons. The van der Waals surface area contributed by atoms with Crippen LogP contribution in [0.15, 0.2) is 12.1 Å². The second-order valence-corrected chi connectivity index (χ2v) is 5.67. The predicted octanol–water partition coefficient (Wildman–Crippen LogP) is 2.28. The summed E-state index contributed by atoms with van der Waals surface area (Å²) in [5.74, 6) is 0.688. The van der Waals surface area contributed by atoms with Crippen LogP contribution in [0.5, 0.6) is 0 Å². The quantitative estimate of drug-likeness (QED) is 0.722. The number of carbonyl (C=O) groups excluding carboxylic acids is 1. The fourth-order valence-corrected chi connectivity index (χ4v) is 1.98. The topological polar surface area (TPSA) is 57.3 Å². The van der Waals surface area contributed by atoms with Gasteiger partial charge in [0.1, 0.15) is 5.82 Å². The van der Waals surface area contributed by atoms with Crippen molar-refractivity contribution in [3.63, 3.8) is 0 Å². The number of aromatic nitrogens is 1. The highest BCUT2D eigenvalue weighted by molar-refractivity contribution is 5.94. The van der Waals surface area contributed by atoms with Crippen LogP contribution in [0.25, 0.3) is 0 Å². The number of anilines is 1. The third kappa shape index (κ3) is 6.12. The van der Waals surface area contributed by atoms with E-state index in [1.54, 1.807) is 13.1 Å². The first-order valence-corrected chi connectivity index (χ1v) is 7.59. The first kappa shape index (κ1) is 17.4. The fraction of sp³-hybridized carbons (Fsp3) is 0.625. The summed E-state index contributed by atoms with van der Waals surface area (Å²) in [6.45, 7) is 8.03. The van der Waals surface area contributed by atoms with E-state index >= 15 is 0 Å². The number of unbranched alkanes of at least 4 members (excludes halogenated alkanes) is 1. The van der Waals surface area contributed by atoms with Gasteiger partial charge in [0.15, 0.2) is 0 Å². The summed E-state index contributed by atoms with van der Waals surface area (Å²) >= 11 is 0. The van der Waals surface area contributed by atoms with Gasteiger partial charge in [-0.3, -0.25) is 4.79 Å². The van der Waals surface area contributed by atoms with Gasteiger partial charge in [0, 0.05) is 30.9 Å². The highest BCUT2D eigenvalue weighted by atomic mass is 16.1. The zero-order valence-corrected chi connectivity index (χ0v) is 13.9. The Hall–Kier alpha value is -1.62. The molecule has 0 saturated carbocycles. The molecule has 1 aromatic heterocycles. The number of carbonyl (C=O) groups is 1. The third-order valence-corrected chi connectivity index (χ3v) is 3.58. The molecular weight excluding hydrogens is 264 g/mol. The molecule has 0 fully saturated rings. The molecule has 1 amide bonds. The van der Waals surface area contributed by atoms with E-state index in [0.717, 1.165) is 30.9 Å². The van der Waals surface area contributed by atoms with Crippen molar-refractivity contribution in [1.82, 2.24) is 15.2 Å². The zero-order chi connectivity index (χ0) is 15.8. The highest BCUT2D eigenvalue weighted by Crippen LogP contribution is 2.09. The van der Waals surface area contributed by atoms with Crippen molar-refractivity contribution in [2.75, 3.05) is 32.5 Å². The van der Waals surface area contributed by atoms with Crippen LogP contribution in [0.4, 0.5) is 5.82 Å². The van der Waals surface area contributed by atoms with E-state index in [2.05, 4.69) is 41.4 Å². The van der Waals surface area contributed by atoms with Gasteiger partial charge in [0.05, 0.1) is 0 Å². The van der Waals surface area contributed by atoms with Gasteiger partial charge in [0.2, 0.25) is 0 Å². The molecule has 1 aromatic rings. The summed E-state index contributed by atoms with van der Waals surface area (Å²) in [7, 11) is 3.93. The summed E-state index contributed by atoms with van der Waals surface area (Å²) < 4.78 is 0. The summed E-state index contributed by atoms with van der Waals surface area (Å²) in [6, 6.07) is 4.15. The first-order valence-electron chi connectivity index (χ1n) is 7.59. The molecule has 1 rings (SSSR count). The average molecular weight is 292 g/mol. The van der Waals surface area contributed by atoms with E-state index in [4.69, 9.17) is 0 Å². The van der Waals surface area contributed by atoms with Gasteiger partial charge in [-0.05, 0) is 59.3 Å². The molecule has 21 heavy (non-hydrogen) atoms. The third-order valence-electron chi connectivity index (χ3n) is 3.58. The molecule has 1 heterocycles. The van der Waals surface area contributed by atoms with Crippen LogP contribution in [0, 0.1) is 6.92 Å². The second kappa shape index (κ2) is 8.62. The van der Waals surface area contributed by atoms with Crippen LogP contribution >= 0.6 is 0 Å². The Balaban J connectivity index is 2.36. The first-order chi connectivity index (χ1) is 9.93. The average Bonchev–Trinajstić information content (AvgIpc) is 2.45. The minimum atomic E-state index is -0.0331. The van der Waals surface area contributed by atoms with Crippen LogP contribution in [0.2, 0.25) is 0 Å². The summed E-state index contributed by atoms with van der Waals surface area (Å²) in [5.41, 5.74) is 1.50. The maximum Gasteiger partial charge on any atom is 0.251 e. The summed E-state index contributed by atoms with van der Waals surface area (Å²) in [5, 5.41) is 5.93. The van der Waals surface area contributed by atoms with Gasteiger partial charge in [0.25, 0.3) is 5.91 Å². The number of amides is 1. The van der Waals surface area contributed by atoms with Crippen LogP contribution < -0.4 is 10.6 Å². The maximum absolute atomic E-state index is 12.1. The number of pyridine rings is 1. The van der Waals surface area contributed by atoms with Crippen molar-refractivity contribution in [3.05, 3.63) is 23.4 Å². The largest absolute Gasteiger partial charge is 0.373 e. The van der Waals surface area contributed by atoms with Gasteiger partial charge in [-0.1, -0.05) is 0 Å². The maximum atomic E-state index is 12.1. The Labute approximate surface area is 128 Å². The SMILES string of the molecule is CNc1cc(C(=O)NCCCCN(C)C(C)C)cc(C)n1. The Morgan fingerprint density at radius 2 is 2.05 bits per heavy atom. The Morgan fingerprint density at radius 1 is 1.33 bits per heavy atom. The molecule has 2 N–H and O–H groups in total. The molecule has 5 heteroatoms. The Morgan fingerprint density at radius 3 is 2.67 bits per heavy atom. The minimum Gasteiger partial charge on any atom is -0.373 e. The lowest BCUT2D eigenvalue weighted by atomic mass is 10.2. The number of hydrogen-bond acceptors (Lipinski definition) is 4. The van der Waals surface area contributed by atoms with E-state index in [0.29, 0.717) is 18.2 Å². The normalized spacial score (nSPS) is 11.0. The van der Waals surface area contributed by atoms with E-state index in [9.17, 15) is 4.79 Å². The molecule has 0 aromatic carbocycles. The van der Waals surface area contributed by atoms with Crippen molar-refractivity contribution >= 4 is 11.7 Å². The molecule has 0 unspecified atom stereocenters. The number of rotatable bonds is 8. The van der Waals surface area contributed by atoms with Crippen molar-refractivity contribution in [3.8, 4) is 0 Å². The number of aryl methyl sites for hydroxylation is 1. The lowest BCUT2D eigenvalue weighted by molar-refractivity contribution is 0.0952. The zero-order valence-electron chi connectivity index (χ0n) is 13.9. The molecule has 0 aliphatic rings. The van der Waals surface area contributed by atoms with Gasteiger partial charge >= 0.3 is 0 Å². The van der Waals surface area contributed by atoms with Gasteiger partial charge in [-0.25, -0.2) is 4.98 Å². The Kier molecular flexibility index (Phi) is 7.15. The number of hydrogen-bond donors (Lipinski definition) is 2. The molecule has 0 bridgehead atoms. The molecule has 118 valence electrons. The summed E-state index contributed by atoms with van der Waals surface area (Å²) in [6.07, 6.45) is 2.08. The van der Waals surface area contributed by atoms with E-state index in [1.165, 1.54) is 0 Å². The molecule has 0 atom stereocenters. The van der Waals surface area contributed by atoms with Crippen LogP contribution in [-0.2, 0) is 0 Å². The van der Waals surface area contributed by atoms with Crippen molar-refractivity contribution in [2.45, 2.75) is 39.7 Å². The van der Waals surface area contributed by atoms with Crippen LogP contribution in [0.3, 0.4) is 0 Å². The number of nitrogens with zero attached hydrogens (tertiary/aromatic N) is 2. The minimum absolute atomic E-state index is 0.0331. The highest BCUT2D eigenvalue weighted by Gasteiger charge is 2.08. The van der Waals surface area contributed by atoms with Crippen molar-refractivity contribution in [1.29, 1.82) is 0 Å². The van der Waals surface area contributed by atoms with Gasteiger partial charge in [-0.15, -0.1) is 0 Å². The van der Waals surface area contributed by atoms with Gasteiger partial charge < -0.3 is 15.5 Å². The van der Waals surface area contributed by atoms with Crippen molar-refractivity contribution < 1.29 is 4.79 Å². The molecule has 0 spiro atoms. The van der Waals surface area contributed by atoms with Crippen molar-refractivity contribution in [2.24, 2.45) is 0 Å². The standard InChI is InChI=1S/C16H28N4O/c1-12(2)20(5)9-7-6-8-18-16(21)14-10-13(3)19-15(11-14)17-4/h10-12H,6-9H2,1-5H3,(H,17,19)(H,18,21). The van der Waals surface area contributed by atoms with Gasteiger partial charge in [-0.2, -0.15) is 0 Å². The molecule has 5 nitrogen and oxygen atoms in total. The Bertz CT molecular complexity index is 460. The van der Waals surface area contributed by atoms with Crippen LogP contribution in [0.1, 0.15) is 42.7 Å². The molecular formula is C16H28N4O. The number of nitrogens with one attached hydrogen (secondary N) is 2. The second-order valence-electron chi connectivity index (χ2n) is 5.67. The predicted molar refractivity (Wildman–Crippen MR) is 87.9 cm³/mol. The monoisotopic (exact) mass is 292 g/mol.